The summed E-state index contributed by atoms with van der Waals surface area (Å²) in [5.41, 5.74) is 1.30. The molecule has 0 spiro atoms. The molecule has 15 heavy (non-hydrogen) atoms. The average molecular weight is 210 g/mol. The predicted octanol–water partition coefficient (Wildman–Crippen LogP) is 1.61. The van der Waals surface area contributed by atoms with Crippen LogP contribution in [0.1, 0.15) is 26.3 Å². The van der Waals surface area contributed by atoms with Gasteiger partial charge in [0.25, 0.3) is 0 Å². The molecule has 0 aromatic carbocycles. The van der Waals surface area contributed by atoms with E-state index in [0.717, 1.165) is 13.1 Å². The Hall–Kier alpha value is -0.800. The summed E-state index contributed by atoms with van der Waals surface area (Å²) in [6.45, 7) is 8.42. The summed E-state index contributed by atoms with van der Waals surface area (Å²) >= 11 is 0. The Kier molecular flexibility index (Phi) is 4.85. The molecule has 0 aliphatic carbocycles. The molecule has 3 nitrogen and oxygen atoms in total. The molecular weight excluding hydrogens is 188 g/mol. The van der Waals surface area contributed by atoms with Crippen molar-refractivity contribution in [1.29, 1.82) is 0 Å². The SMILES string of the molecule is CCn1ccc(CNC(C)C(C)CO)c1. The van der Waals surface area contributed by atoms with Crippen molar-refractivity contribution in [2.75, 3.05) is 6.61 Å². The first-order valence-corrected chi connectivity index (χ1v) is 5.66. The summed E-state index contributed by atoms with van der Waals surface area (Å²) < 4.78 is 2.16. The van der Waals surface area contributed by atoms with E-state index in [9.17, 15) is 0 Å². The molecule has 0 aliphatic heterocycles. The van der Waals surface area contributed by atoms with E-state index >= 15 is 0 Å². The molecular formula is C12H22N2O. The maximum absolute atomic E-state index is 9.00. The standard InChI is InChI=1S/C12H22N2O/c1-4-14-6-5-12(8-14)7-13-11(3)10(2)9-15/h5-6,8,10-11,13,15H,4,7,9H2,1-3H3. The smallest absolute Gasteiger partial charge is 0.0471 e. The number of nitrogens with zero attached hydrogens (tertiary/aromatic N) is 1. The molecule has 0 amide bonds. The average Bonchev–Trinajstić information content (AvgIpc) is 2.72. The lowest BCUT2D eigenvalue weighted by Crippen LogP contribution is -2.33. The van der Waals surface area contributed by atoms with Crippen molar-refractivity contribution in [2.24, 2.45) is 5.92 Å². The fourth-order valence-corrected chi connectivity index (χ4v) is 1.43. The highest BCUT2D eigenvalue weighted by Crippen LogP contribution is 2.04. The quantitative estimate of drug-likeness (QED) is 0.748. The van der Waals surface area contributed by atoms with Crippen LogP contribution >= 0.6 is 0 Å². The number of hydrogen-bond donors (Lipinski definition) is 2. The van der Waals surface area contributed by atoms with E-state index in [0.29, 0.717) is 12.0 Å². The minimum atomic E-state index is 0.240. The fraction of sp³-hybridized carbons (Fsp3) is 0.667. The first-order chi connectivity index (χ1) is 7.17. The summed E-state index contributed by atoms with van der Waals surface area (Å²) in [6.07, 6.45) is 4.25. The Labute approximate surface area is 92.1 Å². The van der Waals surface area contributed by atoms with Crippen molar-refractivity contribution >= 4 is 0 Å². The van der Waals surface area contributed by atoms with Crippen molar-refractivity contribution in [3.05, 3.63) is 24.0 Å². The van der Waals surface area contributed by atoms with Crippen LogP contribution in [0.5, 0.6) is 0 Å². The Morgan fingerprint density at radius 2 is 2.20 bits per heavy atom. The van der Waals surface area contributed by atoms with E-state index in [-0.39, 0.29) is 6.61 Å². The molecule has 1 heterocycles. The number of nitrogens with one attached hydrogen (secondary N) is 1. The molecule has 2 unspecified atom stereocenters. The lowest BCUT2D eigenvalue weighted by Gasteiger charge is -2.18. The molecule has 2 N–H and O–H groups in total. The number of aryl methyl sites for hydroxylation is 1. The third-order valence-electron chi connectivity index (χ3n) is 2.95. The third kappa shape index (κ3) is 3.68. The van der Waals surface area contributed by atoms with E-state index in [4.69, 9.17) is 5.11 Å². The minimum absolute atomic E-state index is 0.240. The molecule has 0 bridgehead atoms. The summed E-state index contributed by atoms with van der Waals surface area (Å²) in [5.74, 6) is 0.304. The van der Waals surface area contributed by atoms with Crippen LogP contribution in [0.25, 0.3) is 0 Å². The van der Waals surface area contributed by atoms with Gasteiger partial charge in [0.2, 0.25) is 0 Å². The van der Waals surface area contributed by atoms with Gasteiger partial charge in [-0.3, -0.25) is 0 Å². The van der Waals surface area contributed by atoms with Crippen molar-refractivity contribution < 1.29 is 5.11 Å². The molecule has 0 fully saturated rings. The summed E-state index contributed by atoms with van der Waals surface area (Å²) in [4.78, 5) is 0. The van der Waals surface area contributed by atoms with Crippen molar-refractivity contribution in [3.63, 3.8) is 0 Å². The van der Waals surface area contributed by atoms with Crippen LogP contribution in [-0.4, -0.2) is 22.3 Å². The second-order valence-corrected chi connectivity index (χ2v) is 4.18. The molecule has 1 aromatic rings. The zero-order chi connectivity index (χ0) is 11.3. The Bertz CT molecular complexity index is 283. The van der Waals surface area contributed by atoms with Gasteiger partial charge in [0.05, 0.1) is 0 Å². The molecule has 0 radical (unpaired) electrons. The van der Waals surface area contributed by atoms with E-state index in [2.05, 4.69) is 49.1 Å². The highest BCUT2D eigenvalue weighted by atomic mass is 16.3. The first kappa shape index (κ1) is 12.3. The zero-order valence-corrected chi connectivity index (χ0v) is 9.90. The molecule has 3 heteroatoms. The van der Waals surface area contributed by atoms with Gasteiger partial charge < -0.3 is 15.0 Å². The molecule has 0 saturated carbocycles. The highest BCUT2D eigenvalue weighted by molar-refractivity contribution is 5.09. The van der Waals surface area contributed by atoms with Crippen LogP contribution in [-0.2, 0) is 13.1 Å². The van der Waals surface area contributed by atoms with Gasteiger partial charge in [-0.2, -0.15) is 0 Å². The minimum Gasteiger partial charge on any atom is -0.396 e. The van der Waals surface area contributed by atoms with Crippen LogP contribution in [0, 0.1) is 5.92 Å². The molecule has 0 aliphatic rings. The normalized spacial score (nSPS) is 15.2. The maximum Gasteiger partial charge on any atom is 0.0471 e. The van der Waals surface area contributed by atoms with Gasteiger partial charge in [0.15, 0.2) is 0 Å². The van der Waals surface area contributed by atoms with E-state index < -0.39 is 0 Å². The monoisotopic (exact) mass is 210 g/mol. The van der Waals surface area contributed by atoms with Gasteiger partial charge in [-0.25, -0.2) is 0 Å². The molecule has 0 saturated heterocycles. The second kappa shape index (κ2) is 5.93. The zero-order valence-electron chi connectivity index (χ0n) is 9.90. The lowest BCUT2D eigenvalue weighted by atomic mass is 10.1. The van der Waals surface area contributed by atoms with E-state index in [1.807, 2.05) is 0 Å². The Morgan fingerprint density at radius 1 is 1.47 bits per heavy atom. The van der Waals surface area contributed by atoms with Gasteiger partial charge in [0.1, 0.15) is 0 Å². The van der Waals surface area contributed by atoms with Crippen LogP contribution in [0.2, 0.25) is 0 Å². The summed E-state index contributed by atoms with van der Waals surface area (Å²) in [6, 6.07) is 2.48. The molecule has 1 aromatic heterocycles. The van der Waals surface area contributed by atoms with Gasteiger partial charge in [0, 0.05) is 38.1 Å². The van der Waals surface area contributed by atoms with Crippen molar-refractivity contribution in [3.8, 4) is 0 Å². The lowest BCUT2D eigenvalue weighted by molar-refractivity contribution is 0.207. The maximum atomic E-state index is 9.00. The number of aromatic nitrogens is 1. The van der Waals surface area contributed by atoms with Gasteiger partial charge >= 0.3 is 0 Å². The van der Waals surface area contributed by atoms with Crippen molar-refractivity contribution in [1.82, 2.24) is 9.88 Å². The predicted molar refractivity (Wildman–Crippen MR) is 62.7 cm³/mol. The molecule has 86 valence electrons. The Balaban J connectivity index is 2.36. The molecule has 2 atom stereocenters. The third-order valence-corrected chi connectivity index (χ3v) is 2.95. The number of aliphatic hydroxyl groups is 1. The number of aliphatic hydroxyl groups excluding tert-OH is 1. The highest BCUT2D eigenvalue weighted by Gasteiger charge is 2.09. The van der Waals surface area contributed by atoms with E-state index in [1.54, 1.807) is 0 Å². The second-order valence-electron chi connectivity index (χ2n) is 4.18. The van der Waals surface area contributed by atoms with Gasteiger partial charge in [-0.05, 0) is 31.4 Å². The summed E-state index contributed by atoms with van der Waals surface area (Å²) in [5, 5.41) is 12.4. The number of rotatable bonds is 6. The summed E-state index contributed by atoms with van der Waals surface area (Å²) in [7, 11) is 0. The van der Waals surface area contributed by atoms with Crippen LogP contribution in [0.3, 0.4) is 0 Å². The first-order valence-electron chi connectivity index (χ1n) is 5.66. The fourth-order valence-electron chi connectivity index (χ4n) is 1.43. The van der Waals surface area contributed by atoms with E-state index in [1.165, 1.54) is 5.56 Å². The van der Waals surface area contributed by atoms with Gasteiger partial charge in [-0.1, -0.05) is 6.92 Å². The van der Waals surface area contributed by atoms with Gasteiger partial charge in [-0.15, -0.1) is 0 Å². The van der Waals surface area contributed by atoms with Crippen LogP contribution < -0.4 is 5.32 Å². The Morgan fingerprint density at radius 3 is 2.73 bits per heavy atom. The van der Waals surface area contributed by atoms with Crippen LogP contribution in [0.15, 0.2) is 18.5 Å². The van der Waals surface area contributed by atoms with Crippen molar-refractivity contribution in [2.45, 2.75) is 39.9 Å². The topological polar surface area (TPSA) is 37.2 Å². The number of hydrogen-bond acceptors (Lipinski definition) is 2. The largest absolute Gasteiger partial charge is 0.396 e. The molecule has 1 rings (SSSR count). The van der Waals surface area contributed by atoms with Crippen LogP contribution in [0.4, 0.5) is 0 Å².